The van der Waals surface area contributed by atoms with Crippen LogP contribution in [-0.2, 0) is 20.6 Å². The molecule has 2 aromatic rings. The summed E-state index contributed by atoms with van der Waals surface area (Å²) >= 11 is 0. The van der Waals surface area contributed by atoms with Crippen LogP contribution in [-0.4, -0.2) is 34.1 Å². The highest BCUT2D eigenvalue weighted by atomic mass is 32.2. The lowest BCUT2D eigenvalue weighted by atomic mass is 10.1. The number of nitrogens with one attached hydrogen (secondary N) is 2. The summed E-state index contributed by atoms with van der Waals surface area (Å²) in [7, 11) is -0.722. The zero-order valence-electron chi connectivity index (χ0n) is 15.8. The number of anilines is 1. The molecule has 0 aliphatic carbocycles. The Labute approximate surface area is 159 Å². The molecule has 2 aromatic carbocycles. The maximum atomic E-state index is 12.7. The van der Waals surface area contributed by atoms with Gasteiger partial charge in [-0.1, -0.05) is 30.3 Å². The van der Waals surface area contributed by atoms with Gasteiger partial charge in [0.2, 0.25) is 15.9 Å². The Morgan fingerprint density at radius 3 is 2.30 bits per heavy atom. The molecule has 0 spiro atoms. The van der Waals surface area contributed by atoms with Crippen LogP contribution >= 0.6 is 0 Å². The summed E-state index contributed by atoms with van der Waals surface area (Å²) in [5.41, 5.74) is -0.310. The molecule has 7 nitrogen and oxygen atoms in total. The molecular formula is C19H24N2O5S. The van der Waals surface area contributed by atoms with Gasteiger partial charge < -0.3 is 14.8 Å². The van der Waals surface area contributed by atoms with Crippen molar-refractivity contribution in [3.8, 4) is 11.5 Å². The first-order valence-electron chi connectivity index (χ1n) is 8.26. The molecular weight excluding hydrogens is 368 g/mol. The van der Waals surface area contributed by atoms with Crippen molar-refractivity contribution in [3.63, 3.8) is 0 Å². The summed E-state index contributed by atoms with van der Waals surface area (Å²) in [6.45, 7) is 3.00. The first-order valence-corrected chi connectivity index (χ1v) is 9.91. The standard InChI is InChI=1S/C19H24N2O5S/c1-19(2,21-27(23,24)13-14-8-6-5-7-9-14)18(22)20-16-11-10-15(25-3)12-17(16)26-4/h5-12,21H,13H2,1-4H3,(H,20,22). The van der Waals surface area contributed by atoms with Crippen molar-refractivity contribution < 1.29 is 22.7 Å². The Balaban J connectivity index is 2.12. The van der Waals surface area contributed by atoms with Crippen molar-refractivity contribution >= 4 is 21.6 Å². The van der Waals surface area contributed by atoms with Crippen LogP contribution in [0.15, 0.2) is 48.5 Å². The van der Waals surface area contributed by atoms with E-state index in [1.807, 2.05) is 6.07 Å². The molecule has 2 N–H and O–H groups in total. The molecule has 0 atom stereocenters. The van der Waals surface area contributed by atoms with Crippen LogP contribution in [0.3, 0.4) is 0 Å². The fourth-order valence-corrected chi connectivity index (χ4v) is 4.02. The molecule has 0 saturated heterocycles. The van der Waals surface area contributed by atoms with Gasteiger partial charge in [0, 0.05) is 6.07 Å². The average molecular weight is 392 g/mol. The summed E-state index contributed by atoms with van der Waals surface area (Å²) in [6, 6.07) is 13.7. The minimum Gasteiger partial charge on any atom is -0.497 e. The number of methoxy groups -OCH3 is 2. The van der Waals surface area contributed by atoms with Gasteiger partial charge in [-0.25, -0.2) is 8.42 Å². The van der Waals surface area contributed by atoms with E-state index in [4.69, 9.17) is 9.47 Å². The predicted molar refractivity (Wildman–Crippen MR) is 104 cm³/mol. The predicted octanol–water partition coefficient (Wildman–Crippen LogP) is 2.54. The van der Waals surface area contributed by atoms with Gasteiger partial charge in [-0.2, -0.15) is 4.72 Å². The molecule has 0 heterocycles. The van der Waals surface area contributed by atoms with Gasteiger partial charge in [0.05, 0.1) is 25.7 Å². The van der Waals surface area contributed by atoms with E-state index in [9.17, 15) is 13.2 Å². The SMILES string of the molecule is COc1ccc(NC(=O)C(C)(C)NS(=O)(=O)Cc2ccccc2)c(OC)c1. The van der Waals surface area contributed by atoms with Crippen LogP contribution in [0.25, 0.3) is 0 Å². The van der Waals surface area contributed by atoms with E-state index >= 15 is 0 Å². The summed E-state index contributed by atoms with van der Waals surface area (Å²) in [5, 5.41) is 2.69. The van der Waals surface area contributed by atoms with Crippen LogP contribution in [0.5, 0.6) is 11.5 Å². The largest absolute Gasteiger partial charge is 0.497 e. The van der Waals surface area contributed by atoms with E-state index in [1.165, 1.54) is 28.1 Å². The first-order chi connectivity index (χ1) is 12.7. The highest BCUT2D eigenvalue weighted by molar-refractivity contribution is 7.88. The first kappa shape index (κ1) is 20.7. The van der Waals surface area contributed by atoms with Crippen molar-refractivity contribution in [1.82, 2.24) is 4.72 Å². The minimum absolute atomic E-state index is 0.212. The van der Waals surface area contributed by atoms with Crippen molar-refractivity contribution in [2.75, 3.05) is 19.5 Å². The topological polar surface area (TPSA) is 93.7 Å². The number of carbonyl (C=O) groups is 1. The van der Waals surface area contributed by atoms with Gasteiger partial charge in [-0.3, -0.25) is 4.79 Å². The van der Waals surface area contributed by atoms with E-state index in [0.717, 1.165) is 0 Å². The third-order valence-electron chi connectivity index (χ3n) is 3.83. The molecule has 27 heavy (non-hydrogen) atoms. The fourth-order valence-electron chi connectivity index (χ4n) is 2.45. The lowest BCUT2D eigenvalue weighted by Gasteiger charge is -2.25. The third-order valence-corrected chi connectivity index (χ3v) is 5.37. The van der Waals surface area contributed by atoms with E-state index in [1.54, 1.807) is 42.5 Å². The smallest absolute Gasteiger partial charge is 0.245 e. The monoisotopic (exact) mass is 392 g/mol. The Bertz CT molecular complexity index is 896. The number of rotatable bonds is 8. The fraction of sp³-hybridized carbons (Fsp3) is 0.316. The molecule has 0 aliphatic heterocycles. The molecule has 0 unspecified atom stereocenters. The van der Waals surface area contributed by atoms with Crippen LogP contribution in [0.4, 0.5) is 5.69 Å². The Morgan fingerprint density at radius 1 is 1.04 bits per heavy atom. The van der Waals surface area contributed by atoms with Crippen LogP contribution in [0.1, 0.15) is 19.4 Å². The molecule has 0 aromatic heterocycles. The lowest BCUT2D eigenvalue weighted by molar-refractivity contribution is -0.120. The highest BCUT2D eigenvalue weighted by Crippen LogP contribution is 2.29. The normalized spacial score (nSPS) is 11.7. The number of amides is 1. The zero-order valence-corrected chi connectivity index (χ0v) is 16.6. The maximum absolute atomic E-state index is 12.7. The van der Waals surface area contributed by atoms with Gasteiger partial charge in [0.15, 0.2) is 0 Å². The molecule has 8 heteroatoms. The Hall–Kier alpha value is -2.58. The van der Waals surface area contributed by atoms with E-state index in [2.05, 4.69) is 10.0 Å². The summed E-state index contributed by atoms with van der Waals surface area (Å²) < 4.78 is 37.7. The molecule has 0 fully saturated rings. The minimum atomic E-state index is -3.72. The van der Waals surface area contributed by atoms with E-state index in [-0.39, 0.29) is 5.75 Å². The lowest BCUT2D eigenvalue weighted by Crippen LogP contribution is -2.52. The van der Waals surface area contributed by atoms with Crippen LogP contribution in [0, 0.1) is 0 Å². The second kappa shape index (κ2) is 8.41. The summed E-state index contributed by atoms with van der Waals surface area (Å²) in [4.78, 5) is 12.7. The van der Waals surface area contributed by atoms with Crippen LogP contribution in [0.2, 0.25) is 0 Å². The van der Waals surface area contributed by atoms with Gasteiger partial charge in [-0.15, -0.1) is 0 Å². The number of sulfonamides is 1. The number of carbonyl (C=O) groups excluding carboxylic acids is 1. The van der Waals surface area contributed by atoms with Crippen molar-refractivity contribution in [2.45, 2.75) is 25.1 Å². The number of hydrogen-bond acceptors (Lipinski definition) is 5. The second-order valence-corrected chi connectivity index (χ2v) is 8.21. The summed E-state index contributed by atoms with van der Waals surface area (Å²) in [5.74, 6) is 0.261. The van der Waals surface area contributed by atoms with Crippen LogP contribution < -0.4 is 19.5 Å². The molecule has 0 radical (unpaired) electrons. The van der Waals surface area contributed by atoms with Gasteiger partial charge in [-0.05, 0) is 31.5 Å². The molecule has 1 amide bonds. The maximum Gasteiger partial charge on any atom is 0.245 e. The average Bonchev–Trinajstić information content (AvgIpc) is 2.61. The van der Waals surface area contributed by atoms with E-state index in [0.29, 0.717) is 22.7 Å². The Kier molecular flexibility index (Phi) is 6.45. The second-order valence-electron chi connectivity index (χ2n) is 6.49. The van der Waals surface area contributed by atoms with E-state index < -0.39 is 21.5 Å². The molecule has 2 rings (SSSR count). The van der Waals surface area contributed by atoms with Crippen molar-refractivity contribution in [2.24, 2.45) is 0 Å². The zero-order chi connectivity index (χ0) is 20.1. The molecule has 0 aliphatic rings. The quantitative estimate of drug-likeness (QED) is 0.720. The summed E-state index contributed by atoms with van der Waals surface area (Å²) in [6.07, 6.45) is 0. The molecule has 0 bridgehead atoms. The van der Waals surface area contributed by atoms with Gasteiger partial charge in [0.25, 0.3) is 0 Å². The van der Waals surface area contributed by atoms with Crippen molar-refractivity contribution in [1.29, 1.82) is 0 Å². The number of benzene rings is 2. The van der Waals surface area contributed by atoms with Gasteiger partial charge in [0.1, 0.15) is 17.0 Å². The van der Waals surface area contributed by atoms with Crippen molar-refractivity contribution in [3.05, 3.63) is 54.1 Å². The number of ether oxygens (including phenoxy) is 2. The highest BCUT2D eigenvalue weighted by Gasteiger charge is 2.33. The van der Waals surface area contributed by atoms with Gasteiger partial charge >= 0.3 is 0 Å². The Morgan fingerprint density at radius 2 is 1.70 bits per heavy atom. The third kappa shape index (κ3) is 5.70. The molecule has 146 valence electrons. The number of hydrogen-bond donors (Lipinski definition) is 2. The molecule has 0 saturated carbocycles.